The van der Waals surface area contributed by atoms with Gasteiger partial charge in [0.25, 0.3) is 5.69 Å². The molecule has 2 heterocycles. The van der Waals surface area contributed by atoms with Gasteiger partial charge in [-0.05, 0) is 19.1 Å². The van der Waals surface area contributed by atoms with Crippen LogP contribution in [0.2, 0.25) is 0 Å². The average Bonchev–Trinajstić information content (AvgIpc) is 3.30. The van der Waals surface area contributed by atoms with Crippen molar-refractivity contribution < 1.29 is 14.5 Å². The summed E-state index contributed by atoms with van der Waals surface area (Å²) in [5, 5.41) is 18.9. The first-order valence-electron chi connectivity index (χ1n) is 11.2. The molecule has 182 valence electrons. The number of aromatic nitrogens is 1. The van der Waals surface area contributed by atoms with Crippen molar-refractivity contribution in [1.29, 1.82) is 0 Å². The number of piperazine rings is 1. The maximum atomic E-state index is 12.5. The summed E-state index contributed by atoms with van der Waals surface area (Å²) in [7, 11) is 0. The van der Waals surface area contributed by atoms with Gasteiger partial charge in [0.05, 0.1) is 23.7 Å². The SMILES string of the molecule is Cc1ccc(NC(=O)CN2CCN(CC(=O)Nc3nc(-c4cccc([N+](=O)[O-])c4)cs3)CC2)cc1. The first kappa shape index (κ1) is 24.5. The van der Waals surface area contributed by atoms with Gasteiger partial charge in [-0.2, -0.15) is 0 Å². The Labute approximate surface area is 206 Å². The van der Waals surface area contributed by atoms with Crippen LogP contribution in [0.25, 0.3) is 11.3 Å². The van der Waals surface area contributed by atoms with Crippen LogP contribution in [0.3, 0.4) is 0 Å². The quantitative estimate of drug-likeness (QED) is 0.364. The number of nitro groups is 1. The first-order valence-corrected chi connectivity index (χ1v) is 12.0. The molecule has 1 saturated heterocycles. The molecule has 2 amide bonds. The number of hydrogen-bond donors (Lipinski definition) is 2. The molecular weight excluding hydrogens is 468 g/mol. The number of amides is 2. The molecule has 1 aromatic heterocycles. The minimum absolute atomic E-state index is 0.00661. The second kappa shape index (κ2) is 11.2. The summed E-state index contributed by atoms with van der Waals surface area (Å²) in [6.45, 7) is 5.30. The fourth-order valence-electron chi connectivity index (χ4n) is 3.75. The molecule has 0 saturated carbocycles. The van der Waals surface area contributed by atoms with E-state index in [9.17, 15) is 19.7 Å². The molecule has 4 rings (SSSR count). The Hall–Kier alpha value is -3.67. The lowest BCUT2D eigenvalue weighted by Gasteiger charge is -2.33. The number of thiazole rings is 1. The molecule has 11 heteroatoms. The zero-order valence-corrected chi connectivity index (χ0v) is 20.1. The van der Waals surface area contributed by atoms with E-state index < -0.39 is 4.92 Å². The fourth-order valence-corrected chi connectivity index (χ4v) is 4.49. The standard InChI is InChI=1S/C24H26N6O4S/c1-17-5-7-19(8-6-17)25-22(31)14-28-9-11-29(12-10-28)15-23(32)27-24-26-21(16-35-24)18-3-2-4-20(13-18)30(33)34/h2-8,13,16H,9-12,14-15H2,1H3,(H,25,31)(H,26,27,32). The zero-order valence-electron chi connectivity index (χ0n) is 19.3. The van der Waals surface area contributed by atoms with Crippen LogP contribution < -0.4 is 10.6 Å². The number of hydrogen-bond acceptors (Lipinski definition) is 8. The van der Waals surface area contributed by atoms with Crippen molar-refractivity contribution in [3.63, 3.8) is 0 Å². The second-order valence-electron chi connectivity index (χ2n) is 8.36. The van der Waals surface area contributed by atoms with Crippen molar-refractivity contribution >= 4 is 39.7 Å². The Balaban J connectivity index is 1.21. The highest BCUT2D eigenvalue weighted by Crippen LogP contribution is 2.27. The molecule has 35 heavy (non-hydrogen) atoms. The molecule has 0 spiro atoms. The number of carbonyl (C=O) groups is 2. The van der Waals surface area contributed by atoms with Crippen LogP contribution in [0.1, 0.15) is 5.56 Å². The molecule has 0 atom stereocenters. The summed E-state index contributed by atoms with van der Waals surface area (Å²) >= 11 is 1.27. The van der Waals surface area contributed by atoms with Crippen LogP contribution >= 0.6 is 11.3 Å². The van der Waals surface area contributed by atoms with Crippen molar-refractivity contribution in [1.82, 2.24) is 14.8 Å². The molecule has 1 aliphatic rings. The number of rotatable bonds is 8. The molecule has 3 aromatic rings. The van der Waals surface area contributed by atoms with Gasteiger partial charge in [0.2, 0.25) is 11.8 Å². The van der Waals surface area contributed by atoms with E-state index >= 15 is 0 Å². The zero-order chi connectivity index (χ0) is 24.8. The third-order valence-electron chi connectivity index (χ3n) is 5.64. The number of carbonyl (C=O) groups excluding carboxylic acids is 2. The van der Waals surface area contributed by atoms with Gasteiger partial charge in [0, 0.05) is 54.9 Å². The van der Waals surface area contributed by atoms with Crippen molar-refractivity contribution in [3.8, 4) is 11.3 Å². The smallest absolute Gasteiger partial charge is 0.270 e. The highest BCUT2D eigenvalue weighted by atomic mass is 32.1. The minimum atomic E-state index is -0.450. The Morgan fingerprint density at radius 1 is 1.00 bits per heavy atom. The van der Waals surface area contributed by atoms with Gasteiger partial charge < -0.3 is 10.6 Å². The third kappa shape index (κ3) is 6.92. The van der Waals surface area contributed by atoms with Gasteiger partial charge in [-0.1, -0.05) is 29.8 Å². The first-order chi connectivity index (χ1) is 16.9. The Bertz CT molecular complexity index is 1200. The highest BCUT2D eigenvalue weighted by molar-refractivity contribution is 7.14. The second-order valence-corrected chi connectivity index (χ2v) is 9.22. The maximum absolute atomic E-state index is 12.5. The third-order valence-corrected chi connectivity index (χ3v) is 6.40. The molecule has 0 bridgehead atoms. The minimum Gasteiger partial charge on any atom is -0.325 e. The van der Waals surface area contributed by atoms with E-state index in [1.54, 1.807) is 17.5 Å². The van der Waals surface area contributed by atoms with Gasteiger partial charge in [-0.15, -0.1) is 11.3 Å². The van der Waals surface area contributed by atoms with Crippen LogP contribution in [-0.4, -0.2) is 70.8 Å². The monoisotopic (exact) mass is 494 g/mol. The summed E-state index contributed by atoms with van der Waals surface area (Å²) in [4.78, 5) is 43.9. The predicted molar refractivity (Wildman–Crippen MR) is 136 cm³/mol. The maximum Gasteiger partial charge on any atom is 0.270 e. The fraction of sp³-hybridized carbons (Fsp3) is 0.292. The Morgan fingerprint density at radius 3 is 2.26 bits per heavy atom. The summed E-state index contributed by atoms with van der Waals surface area (Å²) < 4.78 is 0. The molecule has 10 nitrogen and oxygen atoms in total. The molecule has 2 aromatic carbocycles. The predicted octanol–water partition coefficient (Wildman–Crippen LogP) is 3.22. The van der Waals surface area contributed by atoms with Crippen LogP contribution in [0.15, 0.2) is 53.9 Å². The van der Waals surface area contributed by atoms with Crippen molar-refractivity contribution in [3.05, 3.63) is 69.6 Å². The van der Waals surface area contributed by atoms with Crippen molar-refractivity contribution in [2.24, 2.45) is 0 Å². The largest absolute Gasteiger partial charge is 0.325 e. The average molecular weight is 495 g/mol. The number of aryl methyl sites for hydroxylation is 1. The summed E-state index contributed by atoms with van der Waals surface area (Å²) in [6.07, 6.45) is 0. The van der Waals surface area contributed by atoms with Crippen LogP contribution in [0, 0.1) is 17.0 Å². The van der Waals surface area contributed by atoms with E-state index in [-0.39, 0.29) is 24.0 Å². The molecule has 0 radical (unpaired) electrons. The summed E-state index contributed by atoms with van der Waals surface area (Å²) in [6, 6.07) is 13.9. The van der Waals surface area contributed by atoms with Gasteiger partial charge in [0.15, 0.2) is 5.13 Å². The Morgan fingerprint density at radius 2 is 1.63 bits per heavy atom. The highest BCUT2D eigenvalue weighted by Gasteiger charge is 2.21. The number of benzene rings is 2. The number of nitrogens with zero attached hydrogens (tertiary/aromatic N) is 4. The normalized spacial score (nSPS) is 14.4. The van der Waals surface area contributed by atoms with Gasteiger partial charge in [0.1, 0.15) is 0 Å². The van der Waals surface area contributed by atoms with Gasteiger partial charge in [-0.25, -0.2) is 4.98 Å². The lowest BCUT2D eigenvalue weighted by molar-refractivity contribution is -0.384. The van der Waals surface area contributed by atoms with E-state index in [0.29, 0.717) is 49.1 Å². The van der Waals surface area contributed by atoms with E-state index in [4.69, 9.17) is 0 Å². The molecule has 1 fully saturated rings. The molecule has 2 N–H and O–H groups in total. The van der Waals surface area contributed by atoms with Crippen LogP contribution in [0.5, 0.6) is 0 Å². The van der Waals surface area contributed by atoms with Gasteiger partial charge >= 0.3 is 0 Å². The van der Waals surface area contributed by atoms with Crippen LogP contribution in [-0.2, 0) is 9.59 Å². The molecular formula is C24H26N6O4S. The van der Waals surface area contributed by atoms with Crippen LogP contribution in [0.4, 0.5) is 16.5 Å². The molecule has 1 aliphatic heterocycles. The van der Waals surface area contributed by atoms with Crippen molar-refractivity contribution in [2.75, 3.05) is 49.9 Å². The number of anilines is 2. The lowest BCUT2D eigenvalue weighted by Crippen LogP contribution is -2.50. The van der Waals surface area contributed by atoms with E-state index in [1.165, 1.54) is 23.5 Å². The number of non-ortho nitro benzene ring substituents is 1. The van der Waals surface area contributed by atoms with E-state index in [2.05, 4.69) is 20.5 Å². The topological polar surface area (TPSA) is 121 Å². The van der Waals surface area contributed by atoms with Crippen molar-refractivity contribution in [2.45, 2.75) is 6.92 Å². The lowest BCUT2D eigenvalue weighted by atomic mass is 10.1. The van der Waals surface area contributed by atoms with E-state index in [1.807, 2.05) is 36.1 Å². The summed E-state index contributed by atoms with van der Waals surface area (Å²) in [5.41, 5.74) is 3.12. The molecule has 0 unspecified atom stereocenters. The molecule has 0 aliphatic carbocycles. The summed E-state index contributed by atoms with van der Waals surface area (Å²) in [5.74, 6) is -0.223. The number of nitro benzene ring substituents is 1. The van der Waals surface area contributed by atoms with Gasteiger partial charge in [-0.3, -0.25) is 29.5 Å². The number of nitrogens with one attached hydrogen (secondary N) is 2. The Kier molecular flexibility index (Phi) is 7.80. The van der Waals surface area contributed by atoms with E-state index in [0.717, 1.165) is 11.3 Å².